The Kier molecular flexibility index (Phi) is 7.27. The zero-order valence-electron chi connectivity index (χ0n) is 24.8. The van der Waals surface area contributed by atoms with Crippen molar-refractivity contribution in [3.8, 4) is 33.6 Å². The van der Waals surface area contributed by atoms with E-state index in [1.807, 2.05) is 44.8 Å². The molecular formula is C34H34FN9. The molecule has 0 bridgehead atoms. The molecule has 4 N–H and O–H groups in total. The monoisotopic (exact) mass is 587 g/mol. The van der Waals surface area contributed by atoms with Gasteiger partial charge in [0.2, 0.25) is 0 Å². The number of rotatable bonds is 10. The number of halogens is 1. The van der Waals surface area contributed by atoms with Crippen molar-refractivity contribution in [3.63, 3.8) is 0 Å². The second-order valence-corrected chi connectivity index (χ2v) is 11.7. The largest absolute Gasteiger partial charge is 0.384 e. The summed E-state index contributed by atoms with van der Waals surface area (Å²) in [4.78, 5) is 19.1. The number of nitrogens with zero attached hydrogens (tertiary/aromatic N) is 5. The van der Waals surface area contributed by atoms with E-state index in [9.17, 15) is 4.39 Å². The minimum absolute atomic E-state index is 0.304. The van der Waals surface area contributed by atoms with Crippen molar-refractivity contribution in [2.75, 3.05) is 37.8 Å². The van der Waals surface area contributed by atoms with Crippen LogP contribution in [0.3, 0.4) is 0 Å². The smallest absolute Gasteiger partial charge is 0.181 e. The molecule has 0 spiro atoms. The number of aromatic nitrogens is 6. The third-order valence-electron chi connectivity index (χ3n) is 8.30. The molecule has 0 amide bonds. The normalized spacial score (nSPS) is 13.5. The fourth-order valence-corrected chi connectivity index (χ4v) is 5.66. The summed E-state index contributed by atoms with van der Waals surface area (Å²) in [5, 5.41) is 16.2. The molecule has 1 fully saturated rings. The van der Waals surface area contributed by atoms with Crippen molar-refractivity contribution in [1.29, 1.82) is 0 Å². The summed E-state index contributed by atoms with van der Waals surface area (Å²) in [6.45, 7) is 5.78. The third-order valence-corrected chi connectivity index (χ3v) is 8.30. The summed E-state index contributed by atoms with van der Waals surface area (Å²) < 4.78 is 14.7. The van der Waals surface area contributed by atoms with E-state index in [1.165, 1.54) is 25.3 Å². The molecule has 1 aliphatic carbocycles. The topological polar surface area (TPSA) is 110 Å². The lowest BCUT2D eigenvalue weighted by molar-refractivity contribution is 0.371. The third kappa shape index (κ3) is 5.51. The van der Waals surface area contributed by atoms with E-state index in [0.29, 0.717) is 18.1 Å². The van der Waals surface area contributed by atoms with Crippen LogP contribution in [-0.4, -0.2) is 62.2 Å². The lowest BCUT2D eigenvalue weighted by Crippen LogP contribution is -2.20. The van der Waals surface area contributed by atoms with Crippen LogP contribution in [-0.2, 0) is 0 Å². The maximum absolute atomic E-state index is 14.7. The molecule has 1 aromatic carbocycles. The van der Waals surface area contributed by atoms with Crippen molar-refractivity contribution in [3.05, 3.63) is 85.5 Å². The molecule has 0 radical (unpaired) electrons. The molecule has 0 atom stereocenters. The Morgan fingerprint density at radius 1 is 0.932 bits per heavy atom. The van der Waals surface area contributed by atoms with Crippen LogP contribution in [0.15, 0.2) is 79.7 Å². The summed E-state index contributed by atoms with van der Waals surface area (Å²) in [6, 6.07) is 11.2. The Hall–Kier alpha value is -5.09. The van der Waals surface area contributed by atoms with E-state index >= 15 is 0 Å². The van der Waals surface area contributed by atoms with Gasteiger partial charge in [-0.05, 0) is 74.8 Å². The van der Waals surface area contributed by atoms with Crippen LogP contribution in [0, 0.1) is 11.7 Å². The summed E-state index contributed by atoms with van der Waals surface area (Å²) in [5.74, 6) is 0.229. The van der Waals surface area contributed by atoms with Crippen molar-refractivity contribution < 1.29 is 4.39 Å². The van der Waals surface area contributed by atoms with Gasteiger partial charge in [0.05, 0.1) is 35.0 Å². The summed E-state index contributed by atoms with van der Waals surface area (Å²) >= 11 is 0. The number of allylic oxidation sites excluding steroid dienone is 1. The molecule has 10 heteroatoms. The van der Waals surface area contributed by atoms with Crippen LogP contribution < -0.4 is 10.6 Å². The molecule has 5 aromatic heterocycles. The van der Waals surface area contributed by atoms with Crippen LogP contribution >= 0.6 is 0 Å². The van der Waals surface area contributed by atoms with Gasteiger partial charge in [-0.15, -0.1) is 0 Å². The molecule has 0 unspecified atom stereocenters. The van der Waals surface area contributed by atoms with E-state index < -0.39 is 0 Å². The van der Waals surface area contributed by atoms with Crippen LogP contribution in [0.5, 0.6) is 0 Å². The van der Waals surface area contributed by atoms with Crippen molar-refractivity contribution in [1.82, 2.24) is 35.0 Å². The standard InChI is InChI=1S/C34H34FN9/c1-20(21-5-4-6-21)40-27-11-23(15-36-17-27)24-12-29-33(42-43-34(29)39-16-24)31-14-28-30(18-37-19-32(28)41-31)22-9-25(35)13-26(10-22)38-7-8-44(2)3/h9-19,21,38,40-41H,1,4-8H2,2-3H3,(H,39,42,43). The van der Waals surface area contributed by atoms with Crippen molar-refractivity contribution in [2.24, 2.45) is 5.92 Å². The highest BCUT2D eigenvalue weighted by Crippen LogP contribution is 2.36. The number of H-pyrrole nitrogens is 2. The Morgan fingerprint density at radius 2 is 1.75 bits per heavy atom. The maximum atomic E-state index is 14.7. The zero-order valence-corrected chi connectivity index (χ0v) is 24.8. The molecular weight excluding hydrogens is 553 g/mol. The van der Waals surface area contributed by atoms with Gasteiger partial charge in [-0.1, -0.05) is 13.0 Å². The van der Waals surface area contributed by atoms with Crippen LogP contribution in [0.1, 0.15) is 19.3 Å². The van der Waals surface area contributed by atoms with Gasteiger partial charge in [-0.3, -0.25) is 15.1 Å². The second-order valence-electron chi connectivity index (χ2n) is 11.7. The predicted octanol–water partition coefficient (Wildman–Crippen LogP) is 7.07. The van der Waals surface area contributed by atoms with Gasteiger partial charge in [-0.2, -0.15) is 5.10 Å². The van der Waals surface area contributed by atoms with Gasteiger partial charge in [-0.25, -0.2) is 9.37 Å². The first-order valence-corrected chi connectivity index (χ1v) is 14.8. The Morgan fingerprint density at radius 3 is 2.57 bits per heavy atom. The Balaban J connectivity index is 1.21. The molecule has 44 heavy (non-hydrogen) atoms. The summed E-state index contributed by atoms with van der Waals surface area (Å²) in [5.41, 5.74) is 9.24. The highest BCUT2D eigenvalue weighted by Gasteiger charge is 2.21. The number of pyridine rings is 3. The first-order valence-electron chi connectivity index (χ1n) is 14.8. The minimum Gasteiger partial charge on any atom is -0.384 e. The highest BCUT2D eigenvalue weighted by molar-refractivity contribution is 6.01. The van der Waals surface area contributed by atoms with Gasteiger partial charge in [0.25, 0.3) is 0 Å². The molecule has 9 nitrogen and oxygen atoms in total. The second kappa shape index (κ2) is 11.5. The molecule has 5 heterocycles. The molecule has 1 saturated carbocycles. The lowest BCUT2D eigenvalue weighted by atomic mass is 9.83. The predicted molar refractivity (Wildman–Crippen MR) is 175 cm³/mol. The quantitative estimate of drug-likeness (QED) is 0.136. The van der Waals surface area contributed by atoms with Gasteiger partial charge >= 0.3 is 0 Å². The number of benzene rings is 1. The number of anilines is 2. The van der Waals surface area contributed by atoms with Crippen LogP contribution in [0.4, 0.5) is 15.8 Å². The van der Waals surface area contributed by atoms with E-state index in [1.54, 1.807) is 18.5 Å². The first-order chi connectivity index (χ1) is 21.4. The van der Waals surface area contributed by atoms with Crippen LogP contribution in [0.25, 0.3) is 55.6 Å². The number of hydrogen-bond acceptors (Lipinski definition) is 7. The van der Waals surface area contributed by atoms with Crippen molar-refractivity contribution >= 4 is 33.3 Å². The average molecular weight is 588 g/mol. The van der Waals surface area contributed by atoms with E-state index in [-0.39, 0.29) is 5.82 Å². The van der Waals surface area contributed by atoms with E-state index in [4.69, 9.17) is 0 Å². The van der Waals surface area contributed by atoms with Gasteiger partial charge in [0.1, 0.15) is 5.82 Å². The number of nitrogens with one attached hydrogen (secondary N) is 4. The fraction of sp³-hybridized carbons (Fsp3) is 0.235. The SMILES string of the molecule is C=C(Nc1cncc(-c2cnc3n[nH]c(-c4cc5c(-c6cc(F)cc(NCCN(C)C)c6)cncc5[nH]4)c3c2)c1)C1CCC1. The van der Waals surface area contributed by atoms with Crippen molar-refractivity contribution in [2.45, 2.75) is 19.3 Å². The van der Waals surface area contributed by atoms with Gasteiger partial charge in [0, 0.05) is 70.5 Å². The summed E-state index contributed by atoms with van der Waals surface area (Å²) in [6.07, 6.45) is 12.7. The molecule has 0 saturated heterocycles. The summed E-state index contributed by atoms with van der Waals surface area (Å²) in [7, 11) is 4.02. The molecule has 222 valence electrons. The molecule has 6 aromatic rings. The van der Waals surface area contributed by atoms with Gasteiger partial charge < -0.3 is 20.5 Å². The molecule has 7 rings (SSSR count). The number of hydrogen-bond donors (Lipinski definition) is 4. The lowest BCUT2D eigenvalue weighted by Gasteiger charge is -2.28. The Labute approximate surface area is 254 Å². The molecule has 1 aliphatic rings. The number of aromatic amines is 2. The fourth-order valence-electron chi connectivity index (χ4n) is 5.66. The van der Waals surface area contributed by atoms with Crippen LogP contribution in [0.2, 0.25) is 0 Å². The zero-order chi connectivity index (χ0) is 30.2. The number of fused-ring (bicyclic) bond motifs is 2. The first kappa shape index (κ1) is 27.7. The maximum Gasteiger partial charge on any atom is 0.181 e. The van der Waals surface area contributed by atoms with E-state index in [0.717, 1.165) is 73.5 Å². The minimum atomic E-state index is -0.304. The van der Waals surface area contributed by atoms with Gasteiger partial charge in [0.15, 0.2) is 5.65 Å². The Bertz CT molecular complexity index is 1990. The highest BCUT2D eigenvalue weighted by atomic mass is 19.1. The molecule has 0 aliphatic heterocycles. The number of likely N-dealkylation sites (N-methyl/N-ethyl adjacent to an activating group) is 1. The van der Waals surface area contributed by atoms with E-state index in [2.05, 4.69) is 64.4 Å². The average Bonchev–Trinajstić information content (AvgIpc) is 3.59.